The molecule has 0 atom stereocenters. The third-order valence-corrected chi connectivity index (χ3v) is 5.64. The molecule has 5 nitrogen and oxygen atoms in total. The van der Waals surface area contributed by atoms with E-state index < -0.39 is 0 Å². The monoisotopic (exact) mass is 414 g/mol. The van der Waals surface area contributed by atoms with Gasteiger partial charge in [-0.25, -0.2) is 0 Å². The van der Waals surface area contributed by atoms with E-state index in [1.54, 1.807) is 0 Å². The Morgan fingerprint density at radius 1 is 0.833 bits per heavy atom. The fourth-order valence-corrected chi connectivity index (χ4v) is 3.99. The summed E-state index contributed by atoms with van der Waals surface area (Å²) in [6, 6.07) is 28.0. The topological polar surface area (TPSA) is 59.8 Å². The summed E-state index contributed by atoms with van der Waals surface area (Å²) in [6.07, 6.45) is 0. The van der Waals surface area contributed by atoms with E-state index in [2.05, 4.69) is 27.6 Å². The second kappa shape index (κ2) is 9.41. The Morgan fingerprint density at radius 3 is 2.07 bits per heavy atom. The average molecular weight is 415 g/mol. The van der Waals surface area contributed by atoms with Crippen LogP contribution in [0.15, 0.2) is 90.1 Å². The molecule has 0 saturated heterocycles. The van der Waals surface area contributed by atoms with E-state index in [4.69, 9.17) is 0 Å². The van der Waals surface area contributed by atoms with Crippen LogP contribution in [0.5, 0.6) is 0 Å². The molecule has 1 N–H and O–H groups in total. The van der Waals surface area contributed by atoms with Gasteiger partial charge in [-0.15, -0.1) is 10.2 Å². The zero-order valence-corrected chi connectivity index (χ0v) is 17.5. The molecule has 1 aromatic heterocycles. The summed E-state index contributed by atoms with van der Waals surface area (Å²) in [7, 11) is 0. The summed E-state index contributed by atoms with van der Waals surface area (Å²) in [5.41, 5.74) is 4.07. The summed E-state index contributed by atoms with van der Waals surface area (Å²) in [5, 5.41) is 12.3. The first-order valence-corrected chi connectivity index (χ1v) is 10.8. The molecule has 0 saturated carbocycles. The van der Waals surface area contributed by atoms with Crippen molar-refractivity contribution >= 4 is 23.4 Å². The van der Waals surface area contributed by atoms with Gasteiger partial charge in [-0.2, -0.15) is 0 Å². The normalized spacial score (nSPS) is 10.7. The molecule has 0 fully saturated rings. The number of carbonyl (C=O) groups excluding carboxylic acids is 1. The second-order valence-corrected chi connectivity index (χ2v) is 7.64. The molecular weight excluding hydrogens is 392 g/mol. The van der Waals surface area contributed by atoms with E-state index in [1.807, 2.05) is 84.3 Å². The zero-order chi connectivity index (χ0) is 20.8. The van der Waals surface area contributed by atoms with Crippen LogP contribution in [0, 0.1) is 0 Å². The molecule has 0 radical (unpaired) electrons. The number of nitrogens with zero attached hydrogens (tertiary/aromatic N) is 3. The fourth-order valence-electron chi connectivity index (χ4n) is 3.19. The highest BCUT2D eigenvalue weighted by atomic mass is 32.2. The smallest absolute Gasteiger partial charge is 0.234 e. The lowest BCUT2D eigenvalue weighted by atomic mass is 10.1. The lowest BCUT2D eigenvalue weighted by Crippen LogP contribution is -2.14. The van der Waals surface area contributed by atoms with Crippen LogP contribution in [0.3, 0.4) is 0 Å². The van der Waals surface area contributed by atoms with Crippen molar-refractivity contribution in [2.75, 3.05) is 11.1 Å². The highest BCUT2D eigenvalue weighted by Gasteiger charge is 2.14. The molecule has 4 rings (SSSR count). The predicted octanol–water partition coefficient (Wildman–Crippen LogP) is 5.36. The van der Waals surface area contributed by atoms with E-state index in [0.29, 0.717) is 0 Å². The van der Waals surface area contributed by atoms with Crippen molar-refractivity contribution < 1.29 is 4.79 Å². The van der Waals surface area contributed by atoms with Crippen molar-refractivity contribution in [1.82, 2.24) is 14.8 Å². The molecule has 0 aliphatic heterocycles. The number of rotatable bonds is 7. The minimum Gasteiger partial charge on any atom is -0.325 e. The Labute approximate surface area is 180 Å². The Morgan fingerprint density at radius 2 is 1.43 bits per heavy atom. The SMILES string of the molecule is CCn1c(SCC(=O)Nc2ccc(-c3ccccc3)cc2)nnc1-c1ccccc1. The van der Waals surface area contributed by atoms with Crippen molar-refractivity contribution in [2.24, 2.45) is 0 Å². The van der Waals surface area contributed by atoms with Crippen LogP contribution in [-0.4, -0.2) is 26.4 Å². The van der Waals surface area contributed by atoms with Gasteiger partial charge < -0.3 is 9.88 Å². The van der Waals surface area contributed by atoms with Gasteiger partial charge in [0.05, 0.1) is 5.75 Å². The highest BCUT2D eigenvalue weighted by molar-refractivity contribution is 7.99. The number of anilines is 1. The van der Waals surface area contributed by atoms with Crippen LogP contribution < -0.4 is 5.32 Å². The maximum Gasteiger partial charge on any atom is 0.234 e. The van der Waals surface area contributed by atoms with Crippen molar-refractivity contribution in [1.29, 1.82) is 0 Å². The molecule has 0 aliphatic carbocycles. The number of benzene rings is 3. The number of thioether (sulfide) groups is 1. The van der Waals surface area contributed by atoms with Gasteiger partial charge in [0, 0.05) is 17.8 Å². The molecule has 0 bridgehead atoms. The van der Waals surface area contributed by atoms with Gasteiger partial charge in [0.2, 0.25) is 5.91 Å². The predicted molar refractivity (Wildman–Crippen MR) is 122 cm³/mol. The van der Waals surface area contributed by atoms with Gasteiger partial charge in [-0.3, -0.25) is 4.79 Å². The van der Waals surface area contributed by atoms with Crippen molar-refractivity contribution in [3.63, 3.8) is 0 Å². The van der Waals surface area contributed by atoms with Gasteiger partial charge in [-0.05, 0) is 30.2 Å². The van der Waals surface area contributed by atoms with Gasteiger partial charge in [0.15, 0.2) is 11.0 Å². The molecule has 1 heterocycles. The summed E-state index contributed by atoms with van der Waals surface area (Å²) in [6.45, 7) is 2.79. The second-order valence-electron chi connectivity index (χ2n) is 6.70. The number of hydrogen-bond donors (Lipinski definition) is 1. The third kappa shape index (κ3) is 4.60. The van der Waals surface area contributed by atoms with Crippen molar-refractivity contribution in [2.45, 2.75) is 18.6 Å². The first kappa shape index (κ1) is 19.9. The van der Waals surface area contributed by atoms with Crippen LogP contribution in [0.25, 0.3) is 22.5 Å². The summed E-state index contributed by atoms with van der Waals surface area (Å²) in [5.74, 6) is 1.02. The number of amides is 1. The Bertz CT molecular complexity index is 1110. The van der Waals surface area contributed by atoms with Crippen LogP contribution in [0.1, 0.15) is 6.92 Å². The molecule has 1 amide bonds. The van der Waals surface area contributed by atoms with Crippen LogP contribution in [0.4, 0.5) is 5.69 Å². The van der Waals surface area contributed by atoms with E-state index in [0.717, 1.165) is 39.9 Å². The maximum absolute atomic E-state index is 12.4. The quantitative estimate of drug-likeness (QED) is 0.414. The van der Waals surface area contributed by atoms with Gasteiger partial charge in [0.1, 0.15) is 0 Å². The van der Waals surface area contributed by atoms with Crippen molar-refractivity contribution in [3.8, 4) is 22.5 Å². The lowest BCUT2D eigenvalue weighted by molar-refractivity contribution is -0.113. The zero-order valence-electron chi connectivity index (χ0n) is 16.7. The average Bonchev–Trinajstić information content (AvgIpc) is 3.22. The lowest BCUT2D eigenvalue weighted by Gasteiger charge is -2.08. The molecule has 6 heteroatoms. The van der Waals surface area contributed by atoms with E-state index in [-0.39, 0.29) is 11.7 Å². The summed E-state index contributed by atoms with van der Waals surface area (Å²) < 4.78 is 2.03. The fraction of sp³-hybridized carbons (Fsp3) is 0.125. The summed E-state index contributed by atoms with van der Waals surface area (Å²) >= 11 is 1.39. The molecule has 4 aromatic rings. The van der Waals surface area contributed by atoms with Crippen LogP contribution >= 0.6 is 11.8 Å². The first-order chi connectivity index (χ1) is 14.7. The summed E-state index contributed by atoms with van der Waals surface area (Å²) in [4.78, 5) is 12.4. The molecular formula is C24H22N4OS. The highest BCUT2D eigenvalue weighted by Crippen LogP contribution is 2.24. The number of aromatic nitrogens is 3. The number of hydrogen-bond acceptors (Lipinski definition) is 4. The number of carbonyl (C=O) groups is 1. The van der Waals surface area contributed by atoms with E-state index in [9.17, 15) is 4.79 Å². The first-order valence-electron chi connectivity index (χ1n) is 9.81. The third-order valence-electron chi connectivity index (χ3n) is 4.67. The Hall–Kier alpha value is -3.38. The van der Waals surface area contributed by atoms with Gasteiger partial charge in [-0.1, -0.05) is 84.6 Å². The number of nitrogens with one attached hydrogen (secondary N) is 1. The van der Waals surface area contributed by atoms with E-state index >= 15 is 0 Å². The van der Waals surface area contributed by atoms with E-state index in [1.165, 1.54) is 11.8 Å². The van der Waals surface area contributed by atoms with Gasteiger partial charge >= 0.3 is 0 Å². The van der Waals surface area contributed by atoms with Crippen molar-refractivity contribution in [3.05, 3.63) is 84.9 Å². The maximum atomic E-state index is 12.4. The molecule has 0 spiro atoms. The molecule has 30 heavy (non-hydrogen) atoms. The minimum absolute atomic E-state index is 0.0700. The largest absolute Gasteiger partial charge is 0.325 e. The minimum atomic E-state index is -0.0700. The van der Waals surface area contributed by atoms with Gasteiger partial charge in [0.25, 0.3) is 0 Å². The molecule has 3 aromatic carbocycles. The Balaban J connectivity index is 1.38. The molecule has 150 valence electrons. The molecule has 0 unspecified atom stereocenters. The molecule has 0 aliphatic rings. The standard InChI is InChI=1S/C24H22N4OS/c1-2-28-23(20-11-7-4-8-12-20)26-27-24(28)30-17-22(29)25-21-15-13-19(14-16-21)18-9-5-3-6-10-18/h3-16H,2,17H2,1H3,(H,25,29). The van der Waals surface area contributed by atoms with Crippen LogP contribution in [0.2, 0.25) is 0 Å². The Kier molecular flexibility index (Phi) is 6.25. The van der Waals surface area contributed by atoms with Crippen LogP contribution in [-0.2, 0) is 11.3 Å².